The van der Waals surface area contributed by atoms with Crippen LogP contribution in [0.3, 0.4) is 0 Å². The van der Waals surface area contributed by atoms with Crippen molar-refractivity contribution in [2.75, 3.05) is 11.9 Å². The zero-order valence-electron chi connectivity index (χ0n) is 15.8. The number of hydrogen-bond acceptors (Lipinski definition) is 3. The first-order valence-electron chi connectivity index (χ1n) is 9.48. The molecule has 2 N–H and O–H groups in total. The van der Waals surface area contributed by atoms with Gasteiger partial charge in [0.05, 0.1) is 5.69 Å². The van der Waals surface area contributed by atoms with Crippen LogP contribution < -0.4 is 10.6 Å². The van der Waals surface area contributed by atoms with Crippen molar-refractivity contribution in [2.24, 2.45) is 0 Å². The number of thiazole rings is 1. The van der Waals surface area contributed by atoms with Crippen LogP contribution in [0.1, 0.15) is 5.56 Å². The average molecular weight is 400 g/mol. The highest BCUT2D eigenvalue weighted by molar-refractivity contribution is 7.13. The molecule has 4 aromatic rings. The lowest BCUT2D eigenvalue weighted by atomic mass is 10.1. The summed E-state index contributed by atoms with van der Waals surface area (Å²) < 4.78 is 0. The van der Waals surface area contributed by atoms with Gasteiger partial charge in [0.25, 0.3) is 0 Å². The molecule has 0 atom stereocenters. The summed E-state index contributed by atoms with van der Waals surface area (Å²) >= 11 is 1.62. The maximum Gasteiger partial charge on any atom is 0.319 e. The van der Waals surface area contributed by atoms with E-state index in [1.54, 1.807) is 11.3 Å². The summed E-state index contributed by atoms with van der Waals surface area (Å²) in [4.78, 5) is 16.9. The highest BCUT2D eigenvalue weighted by Gasteiger charge is 2.08. The summed E-state index contributed by atoms with van der Waals surface area (Å²) in [5.74, 6) is 0. The van der Waals surface area contributed by atoms with Gasteiger partial charge in [-0.1, -0.05) is 72.8 Å². The first-order chi connectivity index (χ1) is 14.3. The molecular weight excluding hydrogens is 378 g/mol. The molecule has 29 heavy (non-hydrogen) atoms. The van der Waals surface area contributed by atoms with E-state index in [4.69, 9.17) is 4.98 Å². The summed E-state index contributed by atoms with van der Waals surface area (Å²) in [6.45, 7) is 0.585. The number of carbonyl (C=O) groups is 1. The molecule has 1 aromatic heterocycles. The number of anilines is 1. The van der Waals surface area contributed by atoms with Gasteiger partial charge in [-0.15, -0.1) is 11.3 Å². The molecule has 0 saturated heterocycles. The molecule has 0 aliphatic carbocycles. The molecule has 144 valence electrons. The van der Waals surface area contributed by atoms with Crippen LogP contribution in [0, 0.1) is 0 Å². The van der Waals surface area contributed by atoms with Crippen molar-refractivity contribution in [3.8, 4) is 21.8 Å². The van der Waals surface area contributed by atoms with E-state index < -0.39 is 0 Å². The SMILES string of the molecule is O=C(NCCc1ccccc1)Nc1cccc(-c2csc(-c3ccccc3)n2)c1. The zero-order chi connectivity index (χ0) is 19.9. The van der Waals surface area contributed by atoms with Crippen LogP contribution in [0.25, 0.3) is 21.8 Å². The van der Waals surface area contributed by atoms with Crippen LogP contribution in [0.5, 0.6) is 0 Å². The Hall–Kier alpha value is -3.44. The highest BCUT2D eigenvalue weighted by Crippen LogP contribution is 2.29. The molecule has 0 radical (unpaired) electrons. The Morgan fingerprint density at radius 2 is 1.59 bits per heavy atom. The summed E-state index contributed by atoms with van der Waals surface area (Å²) in [6, 6.07) is 27.8. The van der Waals surface area contributed by atoms with Crippen LogP contribution in [0.4, 0.5) is 10.5 Å². The number of nitrogens with one attached hydrogen (secondary N) is 2. The second kappa shape index (κ2) is 9.17. The molecular formula is C24H21N3OS. The second-order valence-electron chi connectivity index (χ2n) is 6.60. The van der Waals surface area contributed by atoms with E-state index >= 15 is 0 Å². The van der Waals surface area contributed by atoms with Gasteiger partial charge in [-0.2, -0.15) is 0 Å². The van der Waals surface area contributed by atoms with Gasteiger partial charge in [0.15, 0.2) is 0 Å². The Bertz CT molecular complexity index is 1080. The minimum absolute atomic E-state index is 0.207. The molecule has 0 spiro atoms. The van der Waals surface area contributed by atoms with E-state index in [-0.39, 0.29) is 6.03 Å². The summed E-state index contributed by atoms with van der Waals surface area (Å²) in [7, 11) is 0. The second-order valence-corrected chi connectivity index (χ2v) is 7.46. The lowest BCUT2D eigenvalue weighted by Crippen LogP contribution is -2.30. The van der Waals surface area contributed by atoms with E-state index in [1.807, 2.05) is 66.0 Å². The monoisotopic (exact) mass is 399 g/mol. The highest BCUT2D eigenvalue weighted by atomic mass is 32.1. The van der Waals surface area contributed by atoms with Crippen LogP contribution in [-0.2, 0) is 6.42 Å². The van der Waals surface area contributed by atoms with Crippen molar-refractivity contribution in [3.63, 3.8) is 0 Å². The van der Waals surface area contributed by atoms with Crippen molar-refractivity contribution in [1.82, 2.24) is 10.3 Å². The molecule has 5 heteroatoms. The minimum atomic E-state index is -0.207. The van der Waals surface area contributed by atoms with Crippen molar-refractivity contribution < 1.29 is 4.79 Å². The quantitative estimate of drug-likeness (QED) is 0.428. The third-order valence-electron chi connectivity index (χ3n) is 4.48. The standard InChI is InChI=1S/C24H21N3OS/c28-24(25-15-14-18-8-3-1-4-9-18)26-21-13-7-12-20(16-21)22-17-29-23(27-22)19-10-5-2-6-11-19/h1-13,16-17H,14-15H2,(H2,25,26,28). The smallest absolute Gasteiger partial charge is 0.319 e. The number of benzene rings is 3. The van der Waals surface area contributed by atoms with Crippen molar-refractivity contribution in [2.45, 2.75) is 6.42 Å². The Morgan fingerprint density at radius 1 is 0.862 bits per heavy atom. The van der Waals surface area contributed by atoms with Crippen LogP contribution >= 0.6 is 11.3 Å². The van der Waals surface area contributed by atoms with Crippen LogP contribution in [-0.4, -0.2) is 17.6 Å². The minimum Gasteiger partial charge on any atom is -0.338 e. The van der Waals surface area contributed by atoms with Gasteiger partial charge < -0.3 is 10.6 Å². The van der Waals surface area contributed by atoms with Crippen molar-refractivity contribution >= 4 is 23.1 Å². The van der Waals surface area contributed by atoms with Gasteiger partial charge in [0, 0.05) is 28.7 Å². The number of hydrogen-bond donors (Lipinski definition) is 2. The van der Waals surface area contributed by atoms with Gasteiger partial charge in [-0.05, 0) is 24.1 Å². The normalized spacial score (nSPS) is 10.5. The van der Waals surface area contributed by atoms with Crippen LogP contribution in [0.2, 0.25) is 0 Å². The predicted molar refractivity (Wildman–Crippen MR) is 120 cm³/mol. The largest absolute Gasteiger partial charge is 0.338 e. The fraction of sp³-hybridized carbons (Fsp3) is 0.0833. The zero-order valence-corrected chi connectivity index (χ0v) is 16.7. The van der Waals surface area contributed by atoms with Gasteiger partial charge in [0.2, 0.25) is 0 Å². The number of urea groups is 1. The Balaban J connectivity index is 1.37. The number of amides is 2. The van der Waals surface area contributed by atoms with Gasteiger partial charge >= 0.3 is 6.03 Å². The van der Waals surface area contributed by atoms with E-state index in [0.717, 1.165) is 33.9 Å². The fourth-order valence-corrected chi connectivity index (χ4v) is 3.85. The molecule has 1 heterocycles. The number of aromatic nitrogens is 1. The third-order valence-corrected chi connectivity index (χ3v) is 5.37. The Kier molecular flexibility index (Phi) is 5.98. The van der Waals surface area contributed by atoms with E-state index in [2.05, 4.69) is 34.9 Å². The Labute approximate surface area is 174 Å². The van der Waals surface area contributed by atoms with Crippen molar-refractivity contribution in [3.05, 3.63) is 95.9 Å². The molecule has 0 aliphatic heterocycles. The van der Waals surface area contributed by atoms with Crippen molar-refractivity contribution in [1.29, 1.82) is 0 Å². The number of rotatable bonds is 6. The van der Waals surface area contributed by atoms with E-state index in [1.165, 1.54) is 5.56 Å². The first kappa shape index (κ1) is 18.9. The molecule has 4 rings (SSSR count). The van der Waals surface area contributed by atoms with E-state index in [9.17, 15) is 4.79 Å². The molecule has 3 aromatic carbocycles. The topological polar surface area (TPSA) is 54.0 Å². The lowest BCUT2D eigenvalue weighted by molar-refractivity contribution is 0.252. The predicted octanol–water partition coefficient (Wildman–Crippen LogP) is 5.84. The molecule has 0 unspecified atom stereocenters. The molecule has 0 aliphatic rings. The molecule has 4 nitrogen and oxygen atoms in total. The first-order valence-corrected chi connectivity index (χ1v) is 10.4. The maximum absolute atomic E-state index is 12.2. The number of carbonyl (C=O) groups excluding carboxylic acids is 1. The molecule has 2 amide bonds. The summed E-state index contributed by atoms with van der Waals surface area (Å²) in [6.07, 6.45) is 0.801. The molecule has 0 bridgehead atoms. The third kappa shape index (κ3) is 5.09. The number of nitrogens with zero attached hydrogens (tertiary/aromatic N) is 1. The summed E-state index contributed by atoms with van der Waals surface area (Å²) in [5.41, 5.74) is 4.94. The average Bonchev–Trinajstić information content (AvgIpc) is 3.26. The maximum atomic E-state index is 12.2. The lowest BCUT2D eigenvalue weighted by Gasteiger charge is -2.08. The molecule has 0 fully saturated rings. The fourth-order valence-electron chi connectivity index (χ4n) is 3.02. The Morgan fingerprint density at radius 3 is 2.38 bits per heavy atom. The summed E-state index contributed by atoms with van der Waals surface area (Å²) in [5, 5.41) is 8.83. The molecule has 0 saturated carbocycles. The van der Waals surface area contributed by atoms with Crippen LogP contribution in [0.15, 0.2) is 90.3 Å². The van der Waals surface area contributed by atoms with Gasteiger partial charge in [-0.3, -0.25) is 0 Å². The van der Waals surface area contributed by atoms with Gasteiger partial charge in [0.1, 0.15) is 5.01 Å². The van der Waals surface area contributed by atoms with Gasteiger partial charge in [-0.25, -0.2) is 9.78 Å². The van der Waals surface area contributed by atoms with E-state index in [0.29, 0.717) is 6.54 Å².